The molecule has 0 saturated carbocycles. The largest absolute Gasteiger partial charge is 0.478 e. The average molecular weight is 311 g/mol. The van der Waals surface area contributed by atoms with Gasteiger partial charge in [-0.1, -0.05) is 0 Å². The summed E-state index contributed by atoms with van der Waals surface area (Å²) in [7, 11) is -10.1. The maximum Gasteiger partial charge on any atom is 0.478 e. The molecule has 0 amide bonds. The fraction of sp³-hybridized carbons (Fsp3) is 1.00. The van der Waals surface area contributed by atoms with E-state index in [4.69, 9.17) is 35.0 Å². The zero-order chi connectivity index (χ0) is 14.8. The molecule has 1 heterocycles. The van der Waals surface area contributed by atoms with Gasteiger partial charge in [-0.3, -0.25) is 0 Å². The zero-order valence-corrected chi connectivity index (χ0v) is 11.0. The third kappa shape index (κ3) is 6.88. The van der Waals surface area contributed by atoms with E-state index in [1.54, 1.807) is 0 Å². The Bertz CT molecular complexity index is 327. The topological polar surface area (TPSA) is 188 Å². The molecule has 0 aliphatic carbocycles. The summed E-state index contributed by atoms with van der Waals surface area (Å²) < 4.78 is 22.2. The molecular formula is C5H15NO10P2. The average Bonchev–Trinajstić information content (AvgIpc) is 2.26. The van der Waals surface area contributed by atoms with Crippen molar-refractivity contribution < 1.29 is 48.4 Å². The van der Waals surface area contributed by atoms with E-state index < -0.39 is 27.5 Å². The third-order valence-electron chi connectivity index (χ3n) is 1.98. The summed E-state index contributed by atoms with van der Waals surface area (Å²) in [5.74, 6) is 0. The molecule has 0 aromatic heterocycles. The van der Waals surface area contributed by atoms with Gasteiger partial charge in [0.05, 0.1) is 6.10 Å². The molecule has 2 unspecified atom stereocenters. The second kappa shape index (κ2) is 6.04. The van der Waals surface area contributed by atoms with Crippen molar-refractivity contribution in [2.45, 2.75) is 25.2 Å². The van der Waals surface area contributed by atoms with Gasteiger partial charge in [0.15, 0.2) is 5.72 Å². The monoisotopic (exact) mass is 311 g/mol. The Kier molecular flexibility index (Phi) is 6.07. The van der Waals surface area contributed by atoms with Gasteiger partial charge in [-0.2, -0.15) is 9.37 Å². The summed E-state index contributed by atoms with van der Waals surface area (Å²) >= 11 is 0. The molecule has 1 rings (SSSR count). The van der Waals surface area contributed by atoms with E-state index >= 15 is 0 Å². The maximum absolute atomic E-state index is 9.63. The van der Waals surface area contributed by atoms with E-state index in [2.05, 4.69) is 4.31 Å². The van der Waals surface area contributed by atoms with Crippen LogP contribution >= 0.6 is 15.6 Å². The van der Waals surface area contributed by atoms with Crippen LogP contribution in [0.4, 0.5) is 0 Å². The van der Waals surface area contributed by atoms with Gasteiger partial charge in [0.1, 0.15) is 0 Å². The number of hydrogen-bond acceptors (Lipinski definition) is 7. The van der Waals surface area contributed by atoms with Gasteiger partial charge >= 0.3 is 15.6 Å². The Balaban J connectivity index is 0.000000321. The first-order chi connectivity index (χ1) is 7.76. The predicted molar refractivity (Wildman–Crippen MR) is 54.9 cm³/mol. The SMILES string of the molecule is CC1(O)C(O)CCN1O.O=P(O)(O)OP(=O)(O)O. The molecule has 7 N–H and O–H groups in total. The van der Waals surface area contributed by atoms with E-state index in [1.807, 2.05) is 0 Å². The van der Waals surface area contributed by atoms with Crippen LogP contribution in [0.25, 0.3) is 0 Å². The smallest absolute Gasteiger partial charge is 0.389 e. The first-order valence-electron chi connectivity index (χ1n) is 4.45. The zero-order valence-electron chi connectivity index (χ0n) is 9.19. The predicted octanol–water partition coefficient (Wildman–Crippen LogP) is -1.66. The minimum Gasteiger partial charge on any atom is -0.389 e. The minimum atomic E-state index is -5.05. The second-order valence-electron chi connectivity index (χ2n) is 3.58. The summed E-state index contributed by atoms with van der Waals surface area (Å²) in [4.78, 5) is 31.0. The van der Waals surface area contributed by atoms with Crippen molar-refractivity contribution >= 4 is 15.6 Å². The third-order valence-corrected chi connectivity index (χ3v) is 3.68. The summed E-state index contributed by atoms with van der Waals surface area (Å²) in [6.45, 7) is 1.71. The Labute approximate surface area is 102 Å². The number of hydrogen-bond donors (Lipinski definition) is 7. The summed E-state index contributed by atoms with van der Waals surface area (Å²) in [5.41, 5.74) is -1.44. The summed E-state index contributed by atoms with van der Waals surface area (Å²) in [5, 5.41) is 27.7. The van der Waals surface area contributed by atoms with Crippen LogP contribution in [0.3, 0.4) is 0 Å². The fourth-order valence-corrected chi connectivity index (χ4v) is 2.16. The van der Waals surface area contributed by atoms with Crippen molar-refractivity contribution in [3.63, 3.8) is 0 Å². The van der Waals surface area contributed by atoms with Crippen molar-refractivity contribution in [1.29, 1.82) is 0 Å². The van der Waals surface area contributed by atoms with Crippen LogP contribution in [-0.2, 0) is 13.4 Å². The maximum atomic E-state index is 9.63. The molecule has 0 radical (unpaired) electrons. The molecule has 18 heavy (non-hydrogen) atoms. The lowest BCUT2D eigenvalue weighted by Gasteiger charge is -2.26. The van der Waals surface area contributed by atoms with Gasteiger partial charge in [-0.25, -0.2) is 9.13 Å². The molecule has 1 fully saturated rings. The van der Waals surface area contributed by atoms with Gasteiger partial charge in [0.25, 0.3) is 0 Å². The highest BCUT2D eigenvalue weighted by atomic mass is 31.3. The molecular weight excluding hydrogens is 296 g/mol. The van der Waals surface area contributed by atoms with E-state index in [-0.39, 0.29) is 0 Å². The number of aliphatic hydroxyl groups excluding tert-OH is 1. The molecule has 1 aliphatic heterocycles. The van der Waals surface area contributed by atoms with Gasteiger partial charge < -0.3 is 35.0 Å². The first-order valence-corrected chi connectivity index (χ1v) is 7.51. The number of rotatable bonds is 2. The van der Waals surface area contributed by atoms with Crippen molar-refractivity contribution in [2.24, 2.45) is 0 Å². The lowest BCUT2D eigenvalue weighted by Crippen LogP contribution is -2.45. The van der Waals surface area contributed by atoms with Crippen molar-refractivity contribution in [1.82, 2.24) is 5.06 Å². The van der Waals surface area contributed by atoms with Crippen molar-refractivity contribution in [2.75, 3.05) is 6.54 Å². The number of aliphatic hydroxyl groups is 2. The Hall–Kier alpha value is 0.100. The standard InChI is InChI=1S/C5H11NO3.H4O7P2/c1-5(8)4(7)2-3-6(5)9;1-8(2,3)7-9(4,5)6/h4,7-9H,2-3H2,1H3;(H2,1,2,3)(H2,4,5,6). The summed E-state index contributed by atoms with van der Waals surface area (Å²) in [6.07, 6.45) is -0.411. The van der Waals surface area contributed by atoms with E-state index in [0.29, 0.717) is 13.0 Å². The van der Waals surface area contributed by atoms with E-state index in [9.17, 15) is 9.13 Å². The minimum absolute atomic E-state index is 0.328. The van der Waals surface area contributed by atoms with Crippen LogP contribution < -0.4 is 0 Å². The molecule has 13 heteroatoms. The molecule has 0 aromatic carbocycles. The molecule has 0 bridgehead atoms. The summed E-state index contributed by atoms with van der Waals surface area (Å²) in [6, 6.07) is 0. The Morgan fingerprint density at radius 2 is 1.61 bits per heavy atom. The highest BCUT2D eigenvalue weighted by Crippen LogP contribution is 2.53. The molecule has 110 valence electrons. The quantitative estimate of drug-likeness (QED) is 0.289. The van der Waals surface area contributed by atoms with E-state index in [0.717, 1.165) is 5.06 Å². The van der Waals surface area contributed by atoms with Crippen LogP contribution in [0, 0.1) is 0 Å². The van der Waals surface area contributed by atoms with Crippen molar-refractivity contribution in [3.8, 4) is 0 Å². The highest BCUT2D eigenvalue weighted by Gasteiger charge is 2.42. The second-order valence-corrected chi connectivity index (χ2v) is 6.20. The highest BCUT2D eigenvalue weighted by molar-refractivity contribution is 7.60. The Morgan fingerprint density at radius 1 is 1.22 bits per heavy atom. The van der Waals surface area contributed by atoms with Crippen LogP contribution in [0.2, 0.25) is 0 Å². The lowest BCUT2D eigenvalue weighted by molar-refractivity contribution is -0.252. The number of hydroxylamine groups is 2. The first kappa shape index (κ1) is 18.1. The molecule has 0 spiro atoms. The van der Waals surface area contributed by atoms with Crippen LogP contribution in [-0.4, -0.2) is 58.4 Å². The Morgan fingerprint density at radius 3 is 1.67 bits per heavy atom. The fourth-order valence-electron chi connectivity index (χ4n) is 1.05. The van der Waals surface area contributed by atoms with Gasteiger partial charge in [-0.05, 0) is 13.3 Å². The van der Waals surface area contributed by atoms with Crippen molar-refractivity contribution in [3.05, 3.63) is 0 Å². The van der Waals surface area contributed by atoms with Gasteiger partial charge in [0.2, 0.25) is 0 Å². The molecule has 1 saturated heterocycles. The number of nitrogens with zero attached hydrogens (tertiary/aromatic N) is 1. The van der Waals surface area contributed by atoms with Gasteiger partial charge in [0, 0.05) is 6.54 Å². The lowest BCUT2D eigenvalue weighted by atomic mass is 10.1. The van der Waals surface area contributed by atoms with E-state index in [1.165, 1.54) is 6.92 Å². The molecule has 1 aliphatic rings. The van der Waals surface area contributed by atoms with Crippen LogP contribution in [0.1, 0.15) is 13.3 Å². The molecule has 11 nitrogen and oxygen atoms in total. The molecule has 0 aromatic rings. The normalized spacial score (nSPS) is 29.9. The van der Waals surface area contributed by atoms with Gasteiger partial charge in [-0.15, -0.1) is 0 Å². The van der Waals surface area contributed by atoms with Crippen LogP contribution in [0.15, 0.2) is 0 Å². The van der Waals surface area contributed by atoms with Crippen LogP contribution in [0.5, 0.6) is 0 Å². The molecule has 2 atom stereocenters. The number of phosphoric acid groups is 2.